The number of benzene rings is 1. The van der Waals surface area contributed by atoms with Gasteiger partial charge in [0, 0.05) is 32.4 Å². The number of para-hydroxylation sites is 2. The Hall–Kier alpha value is -2.96. The molecule has 0 aliphatic carbocycles. The molecule has 118 valence electrons. The molecule has 3 rings (SSSR count). The van der Waals surface area contributed by atoms with Crippen molar-refractivity contribution in [2.24, 2.45) is 7.05 Å². The van der Waals surface area contributed by atoms with E-state index in [0.717, 1.165) is 29.7 Å². The van der Waals surface area contributed by atoms with Gasteiger partial charge in [-0.1, -0.05) is 12.1 Å². The van der Waals surface area contributed by atoms with E-state index in [1.807, 2.05) is 31.3 Å². The second-order valence-electron chi connectivity index (χ2n) is 5.16. The molecule has 0 radical (unpaired) electrons. The molecule has 3 aromatic rings. The summed E-state index contributed by atoms with van der Waals surface area (Å²) in [6.45, 7) is 0.599. The maximum atomic E-state index is 11.1. The SMILES string of the molecule is Cn1c(CCCNc2nccnc2C(=O)O)nc2ccccc21. The van der Waals surface area contributed by atoms with Gasteiger partial charge in [0.15, 0.2) is 11.5 Å². The van der Waals surface area contributed by atoms with Crippen LogP contribution >= 0.6 is 0 Å². The van der Waals surface area contributed by atoms with Crippen LogP contribution < -0.4 is 5.32 Å². The molecule has 1 aromatic carbocycles. The Morgan fingerprint density at radius 2 is 2.04 bits per heavy atom. The molecule has 0 aliphatic rings. The molecule has 2 N–H and O–H groups in total. The van der Waals surface area contributed by atoms with Crippen molar-refractivity contribution in [3.8, 4) is 0 Å². The van der Waals surface area contributed by atoms with E-state index in [1.54, 1.807) is 0 Å². The predicted octanol–water partition coefficient (Wildman–Crippen LogP) is 2.11. The summed E-state index contributed by atoms with van der Waals surface area (Å²) < 4.78 is 2.08. The van der Waals surface area contributed by atoms with Gasteiger partial charge in [0.2, 0.25) is 0 Å². The van der Waals surface area contributed by atoms with Crippen LogP contribution in [0.15, 0.2) is 36.7 Å². The molecule has 0 aliphatic heterocycles. The molecule has 23 heavy (non-hydrogen) atoms. The van der Waals surface area contributed by atoms with Crippen LogP contribution in [0.3, 0.4) is 0 Å². The molecule has 7 nitrogen and oxygen atoms in total. The van der Waals surface area contributed by atoms with E-state index >= 15 is 0 Å². The van der Waals surface area contributed by atoms with Crippen molar-refractivity contribution in [3.05, 3.63) is 48.2 Å². The lowest BCUT2D eigenvalue weighted by Crippen LogP contribution is -2.12. The quantitative estimate of drug-likeness (QED) is 0.677. The van der Waals surface area contributed by atoms with Crippen molar-refractivity contribution >= 4 is 22.8 Å². The number of carboxylic acids is 1. The van der Waals surface area contributed by atoms with Crippen LogP contribution in [0.25, 0.3) is 11.0 Å². The number of fused-ring (bicyclic) bond motifs is 1. The van der Waals surface area contributed by atoms with Crippen LogP contribution in [-0.4, -0.2) is 37.1 Å². The number of aryl methyl sites for hydroxylation is 2. The molecule has 0 saturated heterocycles. The molecule has 2 aromatic heterocycles. The minimum absolute atomic E-state index is 0.0600. The van der Waals surface area contributed by atoms with Gasteiger partial charge in [-0.25, -0.2) is 19.7 Å². The maximum Gasteiger partial charge on any atom is 0.358 e. The number of nitrogens with zero attached hydrogens (tertiary/aromatic N) is 4. The highest BCUT2D eigenvalue weighted by atomic mass is 16.4. The minimum atomic E-state index is -1.09. The second-order valence-corrected chi connectivity index (χ2v) is 5.16. The Labute approximate surface area is 133 Å². The molecule has 0 saturated carbocycles. The molecule has 0 spiro atoms. The van der Waals surface area contributed by atoms with Crippen molar-refractivity contribution in [1.82, 2.24) is 19.5 Å². The zero-order valence-corrected chi connectivity index (χ0v) is 12.7. The fraction of sp³-hybridized carbons (Fsp3) is 0.250. The number of aromatic carboxylic acids is 1. The van der Waals surface area contributed by atoms with Crippen LogP contribution in [0, 0.1) is 0 Å². The van der Waals surface area contributed by atoms with E-state index in [-0.39, 0.29) is 5.69 Å². The third-order valence-corrected chi connectivity index (χ3v) is 3.65. The number of carbonyl (C=O) groups is 1. The summed E-state index contributed by atoms with van der Waals surface area (Å²) in [4.78, 5) is 23.5. The van der Waals surface area contributed by atoms with Crippen molar-refractivity contribution < 1.29 is 9.90 Å². The van der Waals surface area contributed by atoms with Crippen molar-refractivity contribution in [2.75, 3.05) is 11.9 Å². The van der Waals surface area contributed by atoms with Gasteiger partial charge in [0.05, 0.1) is 11.0 Å². The maximum absolute atomic E-state index is 11.1. The minimum Gasteiger partial charge on any atom is -0.476 e. The van der Waals surface area contributed by atoms with Crippen molar-refractivity contribution in [2.45, 2.75) is 12.8 Å². The van der Waals surface area contributed by atoms with Gasteiger partial charge in [0.25, 0.3) is 0 Å². The Bertz CT molecular complexity index is 843. The standard InChI is InChI=1S/C16H17N5O2/c1-21-12-6-3-2-5-11(12)20-13(21)7-4-8-18-15-14(16(22)23)17-9-10-19-15/h2-3,5-6,9-10H,4,7-8H2,1H3,(H,18,19)(H,22,23). The Kier molecular flexibility index (Phi) is 4.18. The van der Waals surface area contributed by atoms with Crippen LogP contribution in [0.4, 0.5) is 5.82 Å². The van der Waals surface area contributed by atoms with Gasteiger partial charge in [-0.05, 0) is 18.6 Å². The summed E-state index contributed by atoms with van der Waals surface area (Å²) in [6.07, 6.45) is 4.45. The first kappa shape index (κ1) is 15.0. The van der Waals surface area contributed by atoms with Gasteiger partial charge in [-0.2, -0.15) is 0 Å². The number of carboxylic acid groups (broad SMARTS) is 1. The Balaban J connectivity index is 1.61. The molecule has 0 amide bonds. The fourth-order valence-corrected chi connectivity index (χ4v) is 2.50. The molecule has 0 atom stereocenters. The van der Waals surface area contributed by atoms with E-state index in [2.05, 4.69) is 24.8 Å². The normalized spacial score (nSPS) is 10.8. The third kappa shape index (κ3) is 3.13. The number of nitrogens with one attached hydrogen (secondary N) is 1. The lowest BCUT2D eigenvalue weighted by molar-refractivity contribution is 0.0691. The largest absolute Gasteiger partial charge is 0.476 e. The highest BCUT2D eigenvalue weighted by molar-refractivity contribution is 5.90. The number of hydrogen-bond donors (Lipinski definition) is 2. The average Bonchev–Trinajstić information content (AvgIpc) is 2.88. The third-order valence-electron chi connectivity index (χ3n) is 3.65. The number of anilines is 1. The first-order valence-corrected chi connectivity index (χ1v) is 7.35. The molecule has 0 fully saturated rings. The molecule has 7 heteroatoms. The highest BCUT2D eigenvalue weighted by Crippen LogP contribution is 2.15. The van der Waals surface area contributed by atoms with Crippen LogP contribution in [-0.2, 0) is 13.5 Å². The second kappa shape index (κ2) is 6.43. The average molecular weight is 311 g/mol. The molecule has 0 bridgehead atoms. The number of aromatic nitrogens is 4. The number of hydrogen-bond acceptors (Lipinski definition) is 5. The molecule has 0 unspecified atom stereocenters. The summed E-state index contributed by atoms with van der Waals surface area (Å²) in [6, 6.07) is 8.01. The molecule has 2 heterocycles. The van der Waals surface area contributed by atoms with Crippen LogP contribution in [0.1, 0.15) is 22.7 Å². The monoisotopic (exact) mass is 311 g/mol. The summed E-state index contributed by atoms with van der Waals surface area (Å²) in [7, 11) is 2.00. The number of rotatable bonds is 6. The summed E-state index contributed by atoms with van der Waals surface area (Å²) in [5.74, 6) is 0.214. The Morgan fingerprint density at radius 1 is 1.26 bits per heavy atom. The lowest BCUT2D eigenvalue weighted by atomic mass is 10.3. The van der Waals surface area contributed by atoms with E-state index in [1.165, 1.54) is 12.4 Å². The van der Waals surface area contributed by atoms with Crippen LogP contribution in [0.5, 0.6) is 0 Å². The van der Waals surface area contributed by atoms with Gasteiger partial charge in [-0.15, -0.1) is 0 Å². The van der Waals surface area contributed by atoms with Gasteiger partial charge in [-0.3, -0.25) is 0 Å². The van der Waals surface area contributed by atoms with Crippen LogP contribution in [0.2, 0.25) is 0 Å². The van der Waals surface area contributed by atoms with Gasteiger partial charge in [0.1, 0.15) is 5.82 Å². The molecular formula is C16H17N5O2. The van der Waals surface area contributed by atoms with Crippen molar-refractivity contribution in [3.63, 3.8) is 0 Å². The summed E-state index contributed by atoms with van der Waals surface area (Å²) in [5.41, 5.74) is 2.04. The van der Waals surface area contributed by atoms with E-state index in [4.69, 9.17) is 5.11 Å². The Morgan fingerprint density at radius 3 is 2.83 bits per heavy atom. The zero-order valence-electron chi connectivity index (χ0n) is 12.7. The molecular weight excluding hydrogens is 294 g/mol. The summed E-state index contributed by atoms with van der Waals surface area (Å²) >= 11 is 0. The van der Waals surface area contributed by atoms with Gasteiger partial charge < -0.3 is 15.0 Å². The predicted molar refractivity (Wildman–Crippen MR) is 86.5 cm³/mol. The highest BCUT2D eigenvalue weighted by Gasteiger charge is 2.12. The van der Waals surface area contributed by atoms with Crippen molar-refractivity contribution in [1.29, 1.82) is 0 Å². The zero-order chi connectivity index (χ0) is 16.2. The topological polar surface area (TPSA) is 92.9 Å². The smallest absolute Gasteiger partial charge is 0.358 e. The van der Waals surface area contributed by atoms with E-state index in [0.29, 0.717) is 12.4 Å². The fourth-order valence-electron chi connectivity index (χ4n) is 2.50. The lowest BCUT2D eigenvalue weighted by Gasteiger charge is -2.07. The van der Waals surface area contributed by atoms with E-state index in [9.17, 15) is 4.79 Å². The first-order chi connectivity index (χ1) is 11.2. The summed E-state index contributed by atoms with van der Waals surface area (Å²) in [5, 5.41) is 12.1. The first-order valence-electron chi connectivity index (χ1n) is 7.35. The van der Waals surface area contributed by atoms with E-state index < -0.39 is 5.97 Å². The number of imidazole rings is 1. The van der Waals surface area contributed by atoms with Gasteiger partial charge >= 0.3 is 5.97 Å².